The zero-order valence-electron chi connectivity index (χ0n) is 16.0. The van der Waals surface area contributed by atoms with Crippen molar-refractivity contribution < 1.29 is 23.5 Å². The maximum absolute atomic E-state index is 13.5. The molecule has 0 aliphatic heterocycles. The predicted molar refractivity (Wildman–Crippen MR) is 105 cm³/mol. The molecule has 2 amide bonds. The number of carbonyl (C=O) groups is 2. The van der Waals surface area contributed by atoms with Gasteiger partial charge in [0.05, 0.1) is 14.2 Å². The van der Waals surface area contributed by atoms with Gasteiger partial charge in [-0.3, -0.25) is 9.59 Å². The molecule has 2 aromatic carbocycles. The third-order valence-corrected chi connectivity index (χ3v) is 3.98. The van der Waals surface area contributed by atoms with Crippen LogP contribution in [-0.2, 0) is 4.79 Å². The molecule has 0 saturated heterocycles. The molecule has 0 bridgehead atoms. The van der Waals surface area contributed by atoms with Gasteiger partial charge in [0.2, 0.25) is 5.91 Å². The van der Waals surface area contributed by atoms with E-state index < -0.39 is 11.7 Å². The molecule has 0 saturated carbocycles. The minimum Gasteiger partial charge on any atom is -0.493 e. The minimum absolute atomic E-state index is 0.226. The smallest absolute Gasteiger partial charge is 0.251 e. The lowest BCUT2D eigenvalue weighted by Crippen LogP contribution is -2.34. The normalized spacial score (nSPS) is 10.6. The highest BCUT2D eigenvalue weighted by atomic mass is 19.1. The third kappa shape index (κ3) is 5.84. The molecule has 0 radical (unpaired) electrons. The van der Waals surface area contributed by atoms with Crippen LogP contribution in [-0.4, -0.2) is 39.1 Å². The first-order valence-corrected chi connectivity index (χ1v) is 8.67. The summed E-state index contributed by atoms with van der Waals surface area (Å²) in [6, 6.07) is 9.59. The molecule has 7 heteroatoms. The van der Waals surface area contributed by atoms with Crippen LogP contribution in [0.5, 0.6) is 11.5 Å². The van der Waals surface area contributed by atoms with Gasteiger partial charge in [-0.05, 0) is 48.4 Å². The number of carbonyl (C=O) groups excluding carboxylic acids is 2. The van der Waals surface area contributed by atoms with Crippen molar-refractivity contribution in [3.05, 3.63) is 65.0 Å². The van der Waals surface area contributed by atoms with Crippen molar-refractivity contribution in [3.8, 4) is 11.5 Å². The van der Waals surface area contributed by atoms with Crippen molar-refractivity contribution in [1.82, 2.24) is 10.6 Å². The van der Waals surface area contributed by atoms with Crippen molar-refractivity contribution in [2.45, 2.75) is 6.92 Å². The quantitative estimate of drug-likeness (QED) is 0.540. The lowest BCUT2D eigenvalue weighted by atomic mass is 10.1. The first-order valence-electron chi connectivity index (χ1n) is 8.67. The topological polar surface area (TPSA) is 76.7 Å². The highest BCUT2D eigenvalue weighted by Crippen LogP contribution is 2.27. The summed E-state index contributed by atoms with van der Waals surface area (Å²) in [5, 5.41) is 5.29. The van der Waals surface area contributed by atoms with E-state index in [1.54, 1.807) is 50.4 Å². The Morgan fingerprint density at radius 3 is 2.39 bits per heavy atom. The molecule has 6 nitrogen and oxygen atoms in total. The summed E-state index contributed by atoms with van der Waals surface area (Å²) in [6.07, 6.45) is 3.03. The van der Waals surface area contributed by atoms with E-state index in [4.69, 9.17) is 9.47 Å². The molecule has 2 rings (SSSR count). The van der Waals surface area contributed by atoms with E-state index in [1.165, 1.54) is 19.3 Å². The fourth-order valence-corrected chi connectivity index (χ4v) is 2.39. The number of hydrogen-bond acceptors (Lipinski definition) is 4. The van der Waals surface area contributed by atoms with Gasteiger partial charge in [-0.15, -0.1) is 0 Å². The van der Waals surface area contributed by atoms with E-state index in [9.17, 15) is 14.0 Å². The highest BCUT2D eigenvalue weighted by molar-refractivity contribution is 5.94. The Labute approximate surface area is 163 Å². The van der Waals surface area contributed by atoms with Crippen LogP contribution in [0, 0.1) is 12.7 Å². The number of benzene rings is 2. The molecule has 0 fully saturated rings. The molecule has 0 atom stereocenters. The van der Waals surface area contributed by atoms with Crippen LogP contribution in [0.1, 0.15) is 21.5 Å². The van der Waals surface area contributed by atoms with Crippen molar-refractivity contribution in [3.63, 3.8) is 0 Å². The van der Waals surface area contributed by atoms with Gasteiger partial charge in [0, 0.05) is 24.7 Å². The van der Waals surface area contributed by atoms with Gasteiger partial charge in [0.1, 0.15) is 5.82 Å². The number of halogens is 1. The zero-order valence-corrected chi connectivity index (χ0v) is 16.0. The SMILES string of the molecule is COc1ccc(/C=C/C(=O)NCCNC(=O)c2ccc(C)c(F)c2)cc1OC. The van der Waals surface area contributed by atoms with Crippen LogP contribution in [0.3, 0.4) is 0 Å². The van der Waals surface area contributed by atoms with Crippen molar-refractivity contribution in [2.75, 3.05) is 27.3 Å². The predicted octanol–water partition coefficient (Wildman–Crippen LogP) is 2.71. The second-order valence-corrected chi connectivity index (χ2v) is 5.96. The number of rotatable bonds is 8. The second-order valence-electron chi connectivity index (χ2n) is 5.96. The molecular formula is C21H23FN2O4. The fourth-order valence-electron chi connectivity index (χ4n) is 2.39. The van der Waals surface area contributed by atoms with Crippen molar-refractivity contribution in [2.24, 2.45) is 0 Å². The summed E-state index contributed by atoms with van der Waals surface area (Å²) in [7, 11) is 3.09. The van der Waals surface area contributed by atoms with E-state index in [1.807, 2.05) is 0 Å². The van der Waals surface area contributed by atoms with Gasteiger partial charge in [0.15, 0.2) is 11.5 Å². The molecule has 2 aromatic rings. The lowest BCUT2D eigenvalue weighted by Gasteiger charge is -2.08. The molecule has 0 unspecified atom stereocenters. The van der Waals surface area contributed by atoms with Gasteiger partial charge in [-0.1, -0.05) is 12.1 Å². The molecule has 0 heterocycles. The summed E-state index contributed by atoms with van der Waals surface area (Å²) in [6.45, 7) is 2.10. The van der Waals surface area contributed by atoms with Gasteiger partial charge in [-0.25, -0.2) is 4.39 Å². The number of nitrogens with one attached hydrogen (secondary N) is 2. The average molecular weight is 386 g/mol. The number of hydrogen-bond donors (Lipinski definition) is 2. The Bertz CT molecular complexity index is 881. The summed E-state index contributed by atoms with van der Waals surface area (Å²) in [5.41, 5.74) is 1.50. The Morgan fingerprint density at radius 2 is 1.71 bits per heavy atom. The zero-order chi connectivity index (χ0) is 20.5. The standard InChI is InChI=1S/C21H23FN2O4/c1-14-4-7-16(13-17(14)22)21(26)24-11-10-23-20(25)9-6-15-5-8-18(27-2)19(12-15)28-3/h4-9,12-13H,10-11H2,1-3H3,(H,23,25)(H,24,26)/b9-6+. The lowest BCUT2D eigenvalue weighted by molar-refractivity contribution is -0.116. The number of amides is 2. The molecule has 28 heavy (non-hydrogen) atoms. The molecule has 2 N–H and O–H groups in total. The average Bonchev–Trinajstić information content (AvgIpc) is 2.71. The third-order valence-electron chi connectivity index (χ3n) is 3.98. The van der Waals surface area contributed by atoms with E-state index in [0.29, 0.717) is 17.1 Å². The van der Waals surface area contributed by atoms with Gasteiger partial charge in [0.25, 0.3) is 5.91 Å². The Hall–Kier alpha value is -3.35. The molecule has 0 spiro atoms. The van der Waals surface area contributed by atoms with E-state index in [0.717, 1.165) is 5.56 Å². The monoisotopic (exact) mass is 386 g/mol. The van der Waals surface area contributed by atoms with Gasteiger partial charge in [-0.2, -0.15) is 0 Å². The largest absolute Gasteiger partial charge is 0.493 e. The Morgan fingerprint density at radius 1 is 1.00 bits per heavy atom. The number of ether oxygens (including phenoxy) is 2. The number of aryl methyl sites for hydroxylation is 1. The Balaban J connectivity index is 1.78. The fraction of sp³-hybridized carbons (Fsp3) is 0.238. The first-order chi connectivity index (χ1) is 13.4. The van der Waals surface area contributed by atoms with Crippen molar-refractivity contribution in [1.29, 1.82) is 0 Å². The summed E-state index contributed by atoms with van der Waals surface area (Å²) < 4.78 is 23.9. The summed E-state index contributed by atoms with van der Waals surface area (Å²) >= 11 is 0. The van der Waals surface area contributed by atoms with Crippen molar-refractivity contribution >= 4 is 17.9 Å². The molecule has 0 aliphatic carbocycles. The molecule has 0 aromatic heterocycles. The molecule has 0 aliphatic rings. The maximum Gasteiger partial charge on any atom is 0.251 e. The highest BCUT2D eigenvalue weighted by Gasteiger charge is 2.07. The minimum atomic E-state index is -0.429. The Kier molecular flexibility index (Phi) is 7.56. The van der Waals surface area contributed by atoms with E-state index in [2.05, 4.69) is 10.6 Å². The first kappa shape index (κ1) is 21.0. The second kappa shape index (κ2) is 10.1. The van der Waals surface area contributed by atoms with Crippen LogP contribution in [0.4, 0.5) is 4.39 Å². The summed E-state index contributed by atoms with van der Waals surface area (Å²) in [5.74, 6) is 0.0503. The maximum atomic E-state index is 13.5. The van der Waals surface area contributed by atoms with E-state index in [-0.39, 0.29) is 24.6 Å². The van der Waals surface area contributed by atoms with Gasteiger partial charge < -0.3 is 20.1 Å². The summed E-state index contributed by atoms with van der Waals surface area (Å²) in [4.78, 5) is 23.8. The van der Waals surface area contributed by atoms with Crippen LogP contribution >= 0.6 is 0 Å². The van der Waals surface area contributed by atoms with Crippen LogP contribution in [0.25, 0.3) is 6.08 Å². The van der Waals surface area contributed by atoms with Gasteiger partial charge >= 0.3 is 0 Å². The van der Waals surface area contributed by atoms with Crippen LogP contribution in [0.15, 0.2) is 42.5 Å². The van der Waals surface area contributed by atoms with Crippen LogP contribution in [0.2, 0.25) is 0 Å². The van der Waals surface area contributed by atoms with Crippen LogP contribution < -0.4 is 20.1 Å². The van der Waals surface area contributed by atoms with E-state index >= 15 is 0 Å². The number of methoxy groups -OCH3 is 2. The molecular weight excluding hydrogens is 363 g/mol. The molecule has 148 valence electrons.